The number of hydrogen-bond acceptors (Lipinski definition) is 3. The molecule has 0 radical (unpaired) electrons. The second kappa shape index (κ2) is 3.87. The Bertz CT molecular complexity index is 589. The zero-order chi connectivity index (χ0) is 12.8. The molecule has 0 amide bonds. The Hall–Kier alpha value is -1.77. The van der Waals surface area contributed by atoms with E-state index in [2.05, 4.69) is 29.8 Å². The Morgan fingerprint density at radius 1 is 1.22 bits per heavy atom. The maximum Gasteiger partial charge on any atom is 0.0463 e. The van der Waals surface area contributed by atoms with Gasteiger partial charge in [-0.3, -0.25) is 4.98 Å². The van der Waals surface area contributed by atoms with Crippen molar-refractivity contribution >= 4 is 22.1 Å². The number of nitrogens with two attached hydrogens (primary N) is 1. The van der Waals surface area contributed by atoms with E-state index in [9.17, 15) is 0 Å². The Kier molecular flexibility index (Phi) is 2.44. The highest BCUT2D eigenvalue weighted by molar-refractivity contribution is 6.00. The average molecular weight is 241 g/mol. The highest BCUT2D eigenvalue weighted by Crippen LogP contribution is 2.37. The minimum atomic E-state index is 0.399. The van der Waals surface area contributed by atoms with Crippen LogP contribution in [0.2, 0.25) is 0 Å². The van der Waals surface area contributed by atoms with E-state index in [-0.39, 0.29) is 0 Å². The maximum atomic E-state index is 6.03. The predicted octanol–water partition coefficient (Wildman–Crippen LogP) is 3.05. The fraction of sp³-hybridized carbons (Fsp3) is 0.400. The van der Waals surface area contributed by atoms with Crippen LogP contribution in [0.4, 0.5) is 11.4 Å². The van der Waals surface area contributed by atoms with E-state index >= 15 is 0 Å². The second-order valence-corrected chi connectivity index (χ2v) is 5.93. The van der Waals surface area contributed by atoms with E-state index in [0.29, 0.717) is 5.41 Å². The fourth-order valence-corrected chi connectivity index (χ4v) is 2.79. The van der Waals surface area contributed by atoms with Gasteiger partial charge in [-0.2, -0.15) is 0 Å². The largest absolute Gasteiger partial charge is 0.398 e. The number of hydrogen-bond donors (Lipinski definition) is 1. The molecule has 0 atom stereocenters. The van der Waals surface area contributed by atoms with Gasteiger partial charge in [0, 0.05) is 47.6 Å². The second-order valence-electron chi connectivity index (χ2n) is 5.93. The van der Waals surface area contributed by atoms with E-state index in [1.54, 1.807) is 6.20 Å². The summed E-state index contributed by atoms with van der Waals surface area (Å²) in [6.45, 7) is 6.86. The average Bonchev–Trinajstić information content (AvgIpc) is 2.70. The summed E-state index contributed by atoms with van der Waals surface area (Å²) in [6.07, 6.45) is 4.96. The first-order valence-electron chi connectivity index (χ1n) is 6.44. The Morgan fingerprint density at radius 2 is 2.06 bits per heavy atom. The van der Waals surface area contributed by atoms with Crippen LogP contribution in [0.15, 0.2) is 30.6 Å². The molecule has 0 bridgehead atoms. The van der Waals surface area contributed by atoms with Crippen LogP contribution in [0, 0.1) is 5.41 Å². The van der Waals surface area contributed by atoms with Gasteiger partial charge in [-0.1, -0.05) is 13.8 Å². The van der Waals surface area contributed by atoms with E-state index in [0.717, 1.165) is 29.5 Å². The van der Waals surface area contributed by atoms with Crippen LogP contribution in [0.25, 0.3) is 10.8 Å². The molecule has 3 heteroatoms. The van der Waals surface area contributed by atoms with E-state index in [1.165, 1.54) is 12.1 Å². The summed E-state index contributed by atoms with van der Waals surface area (Å²) in [5.41, 5.74) is 8.52. The molecule has 0 unspecified atom stereocenters. The van der Waals surface area contributed by atoms with Gasteiger partial charge in [0.05, 0.1) is 0 Å². The van der Waals surface area contributed by atoms with Gasteiger partial charge in [0.1, 0.15) is 0 Å². The summed E-state index contributed by atoms with van der Waals surface area (Å²) >= 11 is 0. The molecule has 1 fully saturated rings. The Labute approximate surface area is 108 Å². The normalized spacial score (nSPS) is 18.4. The summed E-state index contributed by atoms with van der Waals surface area (Å²) in [7, 11) is 0. The summed E-state index contributed by atoms with van der Waals surface area (Å²) in [5.74, 6) is 0. The lowest BCUT2D eigenvalue weighted by atomic mass is 9.93. The van der Waals surface area contributed by atoms with Crippen molar-refractivity contribution in [2.45, 2.75) is 20.3 Å². The summed E-state index contributed by atoms with van der Waals surface area (Å²) in [5, 5.41) is 2.27. The topological polar surface area (TPSA) is 42.1 Å². The molecule has 1 aromatic heterocycles. The lowest BCUT2D eigenvalue weighted by Gasteiger charge is -2.23. The third-order valence-corrected chi connectivity index (χ3v) is 3.85. The quantitative estimate of drug-likeness (QED) is 0.780. The number of benzene rings is 1. The number of pyridine rings is 1. The van der Waals surface area contributed by atoms with Crippen molar-refractivity contribution in [2.75, 3.05) is 23.7 Å². The van der Waals surface area contributed by atoms with Gasteiger partial charge in [-0.25, -0.2) is 0 Å². The number of aromatic nitrogens is 1. The van der Waals surface area contributed by atoms with Crippen LogP contribution in [0.5, 0.6) is 0 Å². The molecule has 2 heterocycles. The van der Waals surface area contributed by atoms with Gasteiger partial charge < -0.3 is 10.6 Å². The van der Waals surface area contributed by atoms with Crippen LogP contribution in [-0.2, 0) is 0 Å². The highest BCUT2D eigenvalue weighted by atomic mass is 15.2. The zero-order valence-corrected chi connectivity index (χ0v) is 11.0. The van der Waals surface area contributed by atoms with Crippen LogP contribution in [0.3, 0.4) is 0 Å². The van der Waals surface area contributed by atoms with E-state index < -0.39 is 0 Å². The number of nitrogen functional groups attached to an aromatic ring is 1. The van der Waals surface area contributed by atoms with Crippen molar-refractivity contribution in [2.24, 2.45) is 5.41 Å². The van der Waals surface area contributed by atoms with Gasteiger partial charge in [0.2, 0.25) is 0 Å². The van der Waals surface area contributed by atoms with Gasteiger partial charge in [-0.05, 0) is 30.0 Å². The van der Waals surface area contributed by atoms with Crippen LogP contribution < -0.4 is 10.6 Å². The van der Waals surface area contributed by atoms with Gasteiger partial charge in [0.15, 0.2) is 0 Å². The summed E-state index contributed by atoms with van der Waals surface area (Å²) < 4.78 is 0. The maximum absolute atomic E-state index is 6.03. The number of rotatable bonds is 1. The number of nitrogens with zero attached hydrogens (tertiary/aromatic N) is 2. The fourth-order valence-electron chi connectivity index (χ4n) is 2.79. The zero-order valence-electron chi connectivity index (χ0n) is 11.0. The molecule has 2 aromatic rings. The van der Waals surface area contributed by atoms with Gasteiger partial charge in [-0.15, -0.1) is 0 Å². The SMILES string of the molecule is CC1(C)CCN(c2ccc(N)c3ccncc23)C1. The third kappa shape index (κ3) is 1.80. The first-order chi connectivity index (χ1) is 8.57. The van der Waals surface area contributed by atoms with Crippen molar-refractivity contribution in [3.63, 3.8) is 0 Å². The molecular weight excluding hydrogens is 222 g/mol. The smallest absolute Gasteiger partial charge is 0.0463 e. The van der Waals surface area contributed by atoms with Crippen LogP contribution in [0.1, 0.15) is 20.3 Å². The molecule has 0 saturated carbocycles. The van der Waals surface area contributed by atoms with Crippen molar-refractivity contribution < 1.29 is 0 Å². The van der Waals surface area contributed by atoms with E-state index in [4.69, 9.17) is 5.73 Å². The molecule has 3 nitrogen and oxygen atoms in total. The standard InChI is InChI=1S/C15H19N3/c1-15(2)6-8-18(10-15)14-4-3-13(16)11-5-7-17-9-12(11)14/h3-5,7,9H,6,8,10,16H2,1-2H3. The Morgan fingerprint density at radius 3 is 2.78 bits per heavy atom. The van der Waals surface area contributed by atoms with Crippen molar-refractivity contribution in [1.29, 1.82) is 0 Å². The van der Waals surface area contributed by atoms with Crippen LogP contribution in [-0.4, -0.2) is 18.1 Å². The first-order valence-corrected chi connectivity index (χ1v) is 6.44. The molecule has 1 aliphatic heterocycles. The van der Waals surface area contributed by atoms with Crippen LogP contribution >= 0.6 is 0 Å². The van der Waals surface area contributed by atoms with Gasteiger partial charge in [0.25, 0.3) is 0 Å². The predicted molar refractivity (Wildman–Crippen MR) is 76.8 cm³/mol. The van der Waals surface area contributed by atoms with Crippen molar-refractivity contribution in [3.05, 3.63) is 30.6 Å². The lowest BCUT2D eigenvalue weighted by Crippen LogP contribution is -2.22. The summed E-state index contributed by atoms with van der Waals surface area (Å²) in [4.78, 5) is 6.69. The van der Waals surface area contributed by atoms with Crippen molar-refractivity contribution in [3.8, 4) is 0 Å². The van der Waals surface area contributed by atoms with E-state index in [1.807, 2.05) is 18.3 Å². The molecule has 18 heavy (non-hydrogen) atoms. The lowest BCUT2D eigenvalue weighted by molar-refractivity contribution is 0.418. The molecule has 1 saturated heterocycles. The third-order valence-electron chi connectivity index (χ3n) is 3.85. The molecule has 1 aliphatic rings. The molecule has 2 N–H and O–H groups in total. The molecular formula is C15H19N3. The minimum Gasteiger partial charge on any atom is -0.398 e. The first kappa shape index (κ1) is 11.3. The minimum absolute atomic E-state index is 0.399. The monoisotopic (exact) mass is 241 g/mol. The van der Waals surface area contributed by atoms with Gasteiger partial charge >= 0.3 is 0 Å². The Balaban J connectivity index is 2.11. The number of anilines is 2. The molecule has 94 valence electrons. The molecule has 0 aliphatic carbocycles. The molecule has 0 spiro atoms. The highest BCUT2D eigenvalue weighted by Gasteiger charge is 2.30. The van der Waals surface area contributed by atoms with Crippen molar-refractivity contribution in [1.82, 2.24) is 4.98 Å². The number of fused-ring (bicyclic) bond motifs is 1. The molecule has 3 rings (SSSR count). The summed E-state index contributed by atoms with van der Waals surface area (Å²) in [6, 6.07) is 6.12. The molecule has 1 aromatic carbocycles.